The lowest BCUT2D eigenvalue weighted by Gasteiger charge is -2.34. The van der Waals surface area contributed by atoms with Gasteiger partial charge in [0.15, 0.2) is 0 Å². The van der Waals surface area contributed by atoms with Crippen molar-refractivity contribution in [2.75, 3.05) is 43.5 Å². The summed E-state index contributed by atoms with van der Waals surface area (Å²) in [6.45, 7) is 4.43. The first-order chi connectivity index (χ1) is 17.5. The van der Waals surface area contributed by atoms with Crippen molar-refractivity contribution in [3.8, 4) is 17.0 Å². The van der Waals surface area contributed by atoms with E-state index < -0.39 is 0 Å². The fourth-order valence-electron chi connectivity index (χ4n) is 4.27. The molecule has 9 nitrogen and oxygen atoms in total. The van der Waals surface area contributed by atoms with Crippen LogP contribution in [0.25, 0.3) is 11.3 Å². The normalized spacial score (nSPS) is 13.5. The van der Waals surface area contributed by atoms with Gasteiger partial charge in [0, 0.05) is 56.2 Å². The summed E-state index contributed by atoms with van der Waals surface area (Å²) in [5, 5.41) is 7.89. The molecule has 2 aromatic carbocycles. The van der Waals surface area contributed by atoms with E-state index in [1.54, 1.807) is 11.8 Å². The number of nitrogens with one attached hydrogen (secondary N) is 1. The Morgan fingerprint density at radius 2 is 1.67 bits per heavy atom. The number of ether oxygens (including phenoxy) is 1. The molecular formula is C27H29N7O2. The maximum Gasteiger partial charge on any atom is 0.272 e. The second-order valence-corrected chi connectivity index (χ2v) is 8.73. The van der Waals surface area contributed by atoms with Crippen LogP contribution in [0.2, 0.25) is 0 Å². The first-order valence-electron chi connectivity index (χ1n) is 11.9. The van der Waals surface area contributed by atoms with Gasteiger partial charge in [0.05, 0.1) is 12.8 Å². The molecule has 5 rings (SSSR count). The third-order valence-electron chi connectivity index (χ3n) is 6.22. The third-order valence-corrected chi connectivity index (χ3v) is 6.22. The van der Waals surface area contributed by atoms with Gasteiger partial charge in [-0.1, -0.05) is 30.3 Å². The quantitative estimate of drug-likeness (QED) is 0.445. The highest BCUT2D eigenvalue weighted by molar-refractivity contribution is 5.94. The molecule has 1 saturated heterocycles. The summed E-state index contributed by atoms with van der Waals surface area (Å²) in [5.41, 5.74) is 4.16. The smallest absolute Gasteiger partial charge is 0.272 e. The lowest BCUT2D eigenvalue weighted by atomic mass is 10.1. The molecule has 0 unspecified atom stereocenters. The van der Waals surface area contributed by atoms with Crippen LogP contribution in [0.4, 0.5) is 17.5 Å². The van der Waals surface area contributed by atoms with E-state index in [0.717, 1.165) is 34.2 Å². The number of amides is 1. The van der Waals surface area contributed by atoms with E-state index in [0.29, 0.717) is 37.8 Å². The van der Waals surface area contributed by atoms with Crippen LogP contribution < -0.4 is 15.0 Å². The molecule has 2 aromatic heterocycles. The van der Waals surface area contributed by atoms with Crippen LogP contribution in [-0.2, 0) is 7.05 Å². The van der Waals surface area contributed by atoms with E-state index in [2.05, 4.69) is 20.3 Å². The van der Waals surface area contributed by atoms with Crippen LogP contribution >= 0.6 is 0 Å². The number of benzene rings is 2. The number of hydrogen-bond donors (Lipinski definition) is 1. The molecule has 3 heterocycles. The maximum atomic E-state index is 13.3. The lowest BCUT2D eigenvalue weighted by Crippen LogP contribution is -2.49. The van der Waals surface area contributed by atoms with Crippen LogP contribution in [-0.4, -0.2) is 63.8 Å². The van der Waals surface area contributed by atoms with E-state index in [1.165, 1.54) is 0 Å². The summed E-state index contributed by atoms with van der Waals surface area (Å²) < 4.78 is 6.89. The van der Waals surface area contributed by atoms with E-state index in [4.69, 9.17) is 9.72 Å². The van der Waals surface area contributed by atoms with E-state index in [-0.39, 0.29) is 5.91 Å². The SMILES string of the molecule is COc1ccc(Nc2cc(C)nc(N3CCN(C(=O)c4cc(-c5ccccc5)nn4C)CC3)n2)cc1. The minimum Gasteiger partial charge on any atom is -0.497 e. The number of methoxy groups -OCH3 is 1. The van der Waals surface area contributed by atoms with Gasteiger partial charge < -0.3 is 19.9 Å². The number of rotatable bonds is 6. The van der Waals surface area contributed by atoms with Crippen LogP contribution in [0.3, 0.4) is 0 Å². The zero-order valence-corrected chi connectivity index (χ0v) is 20.7. The molecule has 9 heteroatoms. The predicted molar refractivity (Wildman–Crippen MR) is 140 cm³/mol. The number of aromatic nitrogens is 4. The Labute approximate surface area is 210 Å². The first-order valence-corrected chi connectivity index (χ1v) is 11.9. The monoisotopic (exact) mass is 483 g/mol. The van der Waals surface area contributed by atoms with Crippen molar-refractivity contribution >= 4 is 23.4 Å². The largest absolute Gasteiger partial charge is 0.497 e. The molecule has 0 bridgehead atoms. The van der Waals surface area contributed by atoms with Crippen molar-refractivity contribution in [3.63, 3.8) is 0 Å². The minimum atomic E-state index is -0.0150. The highest BCUT2D eigenvalue weighted by Crippen LogP contribution is 2.23. The van der Waals surface area contributed by atoms with Crippen LogP contribution in [0.1, 0.15) is 16.2 Å². The Balaban J connectivity index is 1.25. The van der Waals surface area contributed by atoms with Gasteiger partial charge in [0.25, 0.3) is 5.91 Å². The standard InChI is InChI=1S/C27H29N7O2/c1-19-17-25(29-21-9-11-22(36-3)12-10-21)30-27(28-19)34-15-13-33(14-16-34)26(35)24-18-23(31-32(24)2)20-7-5-4-6-8-20/h4-12,17-18H,13-16H2,1-3H3,(H,28,29,30). The molecule has 1 aliphatic heterocycles. The molecule has 36 heavy (non-hydrogen) atoms. The van der Waals surface area contributed by atoms with Gasteiger partial charge in [-0.05, 0) is 37.3 Å². The number of aryl methyl sites for hydroxylation is 2. The number of anilines is 3. The van der Waals surface area contributed by atoms with Crippen molar-refractivity contribution in [1.29, 1.82) is 0 Å². The summed E-state index contributed by atoms with van der Waals surface area (Å²) in [5.74, 6) is 2.17. The number of nitrogens with zero attached hydrogens (tertiary/aromatic N) is 6. The second-order valence-electron chi connectivity index (χ2n) is 8.73. The van der Waals surface area contributed by atoms with Crippen molar-refractivity contribution in [2.45, 2.75) is 6.92 Å². The van der Waals surface area contributed by atoms with Gasteiger partial charge in [-0.25, -0.2) is 4.98 Å². The maximum absolute atomic E-state index is 13.3. The molecule has 1 N–H and O–H groups in total. The molecule has 1 aliphatic rings. The third kappa shape index (κ3) is 5.00. The average molecular weight is 484 g/mol. The molecule has 0 radical (unpaired) electrons. The molecule has 0 aliphatic carbocycles. The molecule has 1 fully saturated rings. The second kappa shape index (κ2) is 10.1. The number of hydrogen-bond acceptors (Lipinski definition) is 7. The predicted octanol–water partition coefficient (Wildman–Crippen LogP) is 3.90. The Hall–Kier alpha value is -4.40. The molecular weight excluding hydrogens is 454 g/mol. The lowest BCUT2D eigenvalue weighted by molar-refractivity contribution is 0.0735. The van der Waals surface area contributed by atoms with Crippen LogP contribution in [0.5, 0.6) is 5.75 Å². The Bertz CT molecular complexity index is 1340. The number of piperazine rings is 1. The molecule has 0 spiro atoms. The van der Waals surface area contributed by atoms with Gasteiger partial charge in [0.1, 0.15) is 17.3 Å². The van der Waals surface area contributed by atoms with Gasteiger partial charge in [0.2, 0.25) is 5.95 Å². The Morgan fingerprint density at radius 1 is 0.944 bits per heavy atom. The minimum absolute atomic E-state index is 0.0150. The van der Waals surface area contributed by atoms with E-state index >= 15 is 0 Å². The van der Waals surface area contributed by atoms with Crippen LogP contribution in [0, 0.1) is 6.92 Å². The zero-order valence-electron chi connectivity index (χ0n) is 20.7. The van der Waals surface area contributed by atoms with Crippen molar-refractivity contribution in [3.05, 3.63) is 78.1 Å². The molecule has 184 valence electrons. The Morgan fingerprint density at radius 3 is 2.36 bits per heavy atom. The van der Waals surface area contributed by atoms with Gasteiger partial charge in [-0.3, -0.25) is 9.48 Å². The topological polar surface area (TPSA) is 88.4 Å². The highest BCUT2D eigenvalue weighted by Gasteiger charge is 2.26. The Kier molecular flexibility index (Phi) is 6.53. The van der Waals surface area contributed by atoms with Gasteiger partial charge in [-0.15, -0.1) is 0 Å². The summed E-state index contributed by atoms with van der Waals surface area (Å²) in [6, 6.07) is 21.4. The fraction of sp³-hybridized carbons (Fsp3) is 0.259. The van der Waals surface area contributed by atoms with Gasteiger partial charge in [-0.2, -0.15) is 10.1 Å². The van der Waals surface area contributed by atoms with Crippen molar-refractivity contribution in [1.82, 2.24) is 24.6 Å². The van der Waals surface area contributed by atoms with E-state index in [9.17, 15) is 4.79 Å². The number of carbonyl (C=O) groups excluding carboxylic acids is 1. The molecule has 1 amide bonds. The molecule has 4 aromatic rings. The van der Waals surface area contributed by atoms with Gasteiger partial charge >= 0.3 is 0 Å². The molecule has 0 atom stereocenters. The average Bonchev–Trinajstić information content (AvgIpc) is 3.30. The molecule has 0 saturated carbocycles. The van der Waals surface area contributed by atoms with E-state index in [1.807, 2.05) is 85.6 Å². The highest BCUT2D eigenvalue weighted by atomic mass is 16.5. The first kappa shape index (κ1) is 23.3. The summed E-state index contributed by atoms with van der Waals surface area (Å²) in [7, 11) is 3.46. The van der Waals surface area contributed by atoms with Crippen LogP contribution in [0.15, 0.2) is 66.7 Å². The summed E-state index contributed by atoms with van der Waals surface area (Å²) in [6.07, 6.45) is 0. The zero-order chi connectivity index (χ0) is 25.1. The summed E-state index contributed by atoms with van der Waals surface area (Å²) >= 11 is 0. The summed E-state index contributed by atoms with van der Waals surface area (Å²) in [4.78, 5) is 26.6. The van der Waals surface area contributed by atoms with Crippen molar-refractivity contribution < 1.29 is 9.53 Å². The number of carbonyl (C=O) groups is 1. The van der Waals surface area contributed by atoms with Crippen molar-refractivity contribution in [2.24, 2.45) is 7.05 Å². The fourth-order valence-corrected chi connectivity index (χ4v) is 4.27.